The number of ether oxygens (including phenoxy) is 5. The quantitative estimate of drug-likeness (QED) is 0.147. The standard InChI is InChI=1S/C22H25ClN2O10S/c1-6-35-19(30)22(34-5)20(23,11-26)12-36-17(25-22)21(33-4,18(29)32-3)24-15(27)13-9-7-8-10-14(13)16(28)31-2/h7-11H,6,12H2,1-5H3,(H,24,27). The fraction of sp³-hybridized carbons (Fsp3) is 0.455. The third kappa shape index (κ3) is 4.96. The number of nitrogens with one attached hydrogen (secondary N) is 1. The predicted molar refractivity (Wildman–Crippen MR) is 128 cm³/mol. The van der Waals surface area contributed by atoms with Gasteiger partial charge in [0.2, 0.25) is 0 Å². The summed E-state index contributed by atoms with van der Waals surface area (Å²) < 4.78 is 25.3. The Hall–Kier alpha value is -3.00. The number of thioether (sulfide) groups is 1. The average molecular weight is 545 g/mol. The lowest BCUT2D eigenvalue weighted by Gasteiger charge is -2.42. The normalized spacial score (nSPS) is 22.9. The molecule has 196 valence electrons. The van der Waals surface area contributed by atoms with Gasteiger partial charge in [-0.1, -0.05) is 12.1 Å². The number of methoxy groups -OCH3 is 4. The molecule has 3 unspecified atom stereocenters. The van der Waals surface area contributed by atoms with Crippen LogP contribution in [0.4, 0.5) is 0 Å². The molecule has 36 heavy (non-hydrogen) atoms. The maximum absolute atomic E-state index is 13.3. The first-order valence-electron chi connectivity index (χ1n) is 10.3. The van der Waals surface area contributed by atoms with Gasteiger partial charge in [0.05, 0.1) is 32.0 Å². The maximum Gasteiger partial charge on any atom is 0.366 e. The fourth-order valence-corrected chi connectivity index (χ4v) is 4.91. The molecule has 0 radical (unpaired) electrons. The Morgan fingerprint density at radius 2 is 1.78 bits per heavy atom. The zero-order chi connectivity index (χ0) is 27.1. The van der Waals surface area contributed by atoms with Crippen LogP contribution in [0.5, 0.6) is 0 Å². The maximum atomic E-state index is 13.3. The number of carbonyl (C=O) groups excluding carboxylic acids is 5. The van der Waals surface area contributed by atoms with Gasteiger partial charge in [0.25, 0.3) is 17.4 Å². The number of carbonyl (C=O) groups is 5. The molecular formula is C22H25ClN2O10S. The molecule has 1 aromatic carbocycles. The lowest BCUT2D eigenvalue weighted by molar-refractivity contribution is -0.173. The topological polar surface area (TPSA) is 156 Å². The molecule has 0 saturated carbocycles. The van der Waals surface area contributed by atoms with Crippen molar-refractivity contribution < 1.29 is 47.7 Å². The van der Waals surface area contributed by atoms with Crippen LogP contribution in [-0.2, 0) is 38.1 Å². The summed E-state index contributed by atoms with van der Waals surface area (Å²) in [5.74, 6) is -4.32. The van der Waals surface area contributed by atoms with Crippen LogP contribution < -0.4 is 5.32 Å². The molecule has 1 aliphatic rings. The van der Waals surface area contributed by atoms with Gasteiger partial charge in [0.1, 0.15) is 11.3 Å². The summed E-state index contributed by atoms with van der Waals surface area (Å²) in [5, 5.41) is 2.06. The highest BCUT2D eigenvalue weighted by Crippen LogP contribution is 2.43. The van der Waals surface area contributed by atoms with E-state index in [0.29, 0.717) is 0 Å². The van der Waals surface area contributed by atoms with Crippen LogP contribution in [0.2, 0.25) is 0 Å². The fourth-order valence-electron chi connectivity index (χ4n) is 3.33. The SMILES string of the molecule is CCOC(=O)C1(OC)N=C(C(NC(=O)c2ccccc2C(=O)OC)(OC)C(=O)OC)SCC1(Cl)C=O. The molecule has 0 aromatic heterocycles. The van der Waals surface area contributed by atoms with E-state index in [2.05, 4.69) is 10.3 Å². The lowest BCUT2D eigenvalue weighted by atomic mass is 9.97. The molecule has 1 amide bonds. The van der Waals surface area contributed by atoms with Gasteiger partial charge in [-0.15, -0.1) is 23.4 Å². The number of aliphatic imine (C=N–C) groups is 1. The second kappa shape index (κ2) is 11.8. The van der Waals surface area contributed by atoms with E-state index in [9.17, 15) is 24.0 Å². The highest BCUT2D eigenvalue weighted by molar-refractivity contribution is 8.14. The Morgan fingerprint density at radius 3 is 2.28 bits per heavy atom. The summed E-state index contributed by atoms with van der Waals surface area (Å²) in [6, 6.07) is 5.68. The number of rotatable bonds is 10. The lowest BCUT2D eigenvalue weighted by Crippen LogP contribution is -2.67. The Labute approximate surface area is 216 Å². The third-order valence-electron chi connectivity index (χ3n) is 5.22. The minimum Gasteiger partial charge on any atom is -0.465 e. The average Bonchev–Trinajstić information content (AvgIpc) is 2.91. The van der Waals surface area contributed by atoms with Crippen molar-refractivity contribution in [1.82, 2.24) is 5.32 Å². The number of benzene rings is 1. The Bertz CT molecular complexity index is 1080. The van der Waals surface area contributed by atoms with Crippen LogP contribution >= 0.6 is 23.4 Å². The molecule has 1 aliphatic heterocycles. The number of amides is 1. The van der Waals surface area contributed by atoms with Crippen molar-refractivity contribution in [3.05, 3.63) is 35.4 Å². The number of esters is 3. The summed E-state index contributed by atoms with van der Waals surface area (Å²) in [6.07, 6.45) is 0.278. The van der Waals surface area contributed by atoms with E-state index in [1.54, 1.807) is 0 Å². The number of hydrogen-bond acceptors (Lipinski definition) is 12. The molecule has 1 N–H and O–H groups in total. The van der Waals surface area contributed by atoms with Crippen molar-refractivity contribution in [3.63, 3.8) is 0 Å². The largest absolute Gasteiger partial charge is 0.465 e. The molecule has 0 fully saturated rings. The molecule has 14 heteroatoms. The van der Waals surface area contributed by atoms with Gasteiger partial charge in [0.15, 0.2) is 4.87 Å². The van der Waals surface area contributed by atoms with Crippen LogP contribution in [0, 0.1) is 0 Å². The number of nitrogens with zero attached hydrogens (tertiary/aromatic N) is 1. The molecule has 0 aliphatic carbocycles. The van der Waals surface area contributed by atoms with Crippen LogP contribution in [0.15, 0.2) is 29.3 Å². The highest BCUT2D eigenvalue weighted by atomic mass is 35.5. The second-order valence-electron chi connectivity index (χ2n) is 7.12. The number of hydrogen-bond donors (Lipinski definition) is 1. The van der Waals surface area contributed by atoms with Gasteiger partial charge in [-0.25, -0.2) is 19.4 Å². The Morgan fingerprint density at radius 1 is 1.14 bits per heavy atom. The van der Waals surface area contributed by atoms with E-state index in [4.69, 9.17) is 35.3 Å². The molecule has 0 bridgehead atoms. The number of aldehydes is 1. The summed E-state index contributed by atoms with van der Waals surface area (Å²) in [6.45, 7) is 1.42. The van der Waals surface area contributed by atoms with Crippen molar-refractivity contribution >= 4 is 58.5 Å². The Balaban J connectivity index is 2.72. The van der Waals surface area contributed by atoms with E-state index >= 15 is 0 Å². The first-order valence-corrected chi connectivity index (χ1v) is 11.7. The van der Waals surface area contributed by atoms with Crippen LogP contribution in [0.1, 0.15) is 27.6 Å². The molecule has 0 saturated heterocycles. The zero-order valence-corrected chi connectivity index (χ0v) is 21.7. The van der Waals surface area contributed by atoms with Gasteiger partial charge in [-0.2, -0.15) is 0 Å². The molecule has 2 rings (SSSR count). The molecule has 1 aromatic rings. The van der Waals surface area contributed by atoms with Crippen molar-refractivity contribution in [2.75, 3.05) is 40.8 Å². The predicted octanol–water partition coefficient (Wildman–Crippen LogP) is 0.946. The van der Waals surface area contributed by atoms with Gasteiger partial charge >= 0.3 is 17.9 Å². The number of halogens is 1. The zero-order valence-electron chi connectivity index (χ0n) is 20.1. The molecular weight excluding hydrogens is 520 g/mol. The second-order valence-corrected chi connectivity index (χ2v) is 8.76. The summed E-state index contributed by atoms with van der Waals surface area (Å²) >= 11 is 7.18. The van der Waals surface area contributed by atoms with E-state index in [1.165, 1.54) is 31.2 Å². The van der Waals surface area contributed by atoms with E-state index < -0.39 is 40.1 Å². The van der Waals surface area contributed by atoms with Crippen molar-refractivity contribution in [2.45, 2.75) is 23.2 Å². The monoisotopic (exact) mass is 544 g/mol. The van der Waals surface area contributed by atoms with Gasteiger partial charge < -0.3 is 33.8 Å². The minimum atomic E-state index is -2.43. The van der Waals surface area contributed by atoms with Crippen LogP contribution in [-0.4, -0.2) is 92.3 Å². The molecule has 3 atom stereocenters. The van der Waals surface area contributed by atoms with Crippen LogP contribution in [0.25, 0.3) is 0 Å². The van der Waals surface area contributed by atoms with Gasteiger partial charge in [-0.3, -0.25) is 4.79 Å². The minimum absolute atomic E-state index is 0.0934. The summed E-state index contributed by atoms with van der Waals surface area (Å²) in [5.41, 5.74) is -5.11. The third-order valence-corrected chi connectivity index (χ3v) is 7.11. The van der Waals surface area contributed by atoms with Crippen molar-refractivity contribution in [3.8, 4) is 0 Å². The van der Waals surface area contributed by atoms with Gasteiger partial charge in [-0.05, 0) is 19.1 Å². The van der Waals surface area contributed by atoms with E-state index in [1.807, 2.05) is 0 Å². The first-order chi connectivity index (χ1) is 17.1. The molecule has 12 nitrogen and oxygen atoms in total. The summed E-state index contributed by atoms with van der Waals surface area (Å²) in [4.78, 5) is 65.5. The van der Waals surface area contributed by atoms with Crippen LogP contribution in [0.3, 0.4) is 0 Å². The number of alkyl halides is 1. The van der Waals surface area contributed by atoms with Crippen molar-refractivity contribution in [2.24, 2.45) is 4.99 Å². The van der Waals surface area contributed by atoms with E-state index in [-0.39, 0.29) is 34.8 Å². The Kier molecular flexibility index (Phi) is 9.60. The first kappa shape index (κ1) is 29.2. The van der Waals surface area contributed by atoms with E-state index in [0.717, 1.165) is 40.2 Å². The van der Waals surface area contributed by atoms with Gasteiger partial charge in [0, 0.05) is 20.0 Å². The summed E-state index contributed by atoms with van der Waals surface area (Å²) in [7, 11) is 4.33. The smallest absolute Gasteiger partial charge is 0.366 e. The molecule has 1 heterocycles. The molecule has 0 spiro atoms. The van der Waals surface area contributed by atoms with Crippen molar-refractivity contribution in [1.29, 1.82) is 0 Å². The highest BCUT2D eigenvalue weighted by Gasteiger charge is 2.64.